The van der Waals surface area contributed by atoms with Gasteiger partial charge in [-0.2, -0.15) is 0 Å². The third-order valence-electron chi connectivity index (χ3n) is 4.09. The predicted molar refractivity (Wildman–Crippen MR) is 114 cm³/mol. The topological polar surface area (TPSA) is 96.9 Å². The SMILES string of the molecule is C=C(CCNC(=O)C(OCCO)c1ccc(F)cc1)NC(=O)COc1ccc(Cl)c(F)c1. The van der Waals surface area contributed by atoms with E-state index in [0.717, 1.165) is 6.07 Å². The summed E-state index contributed by atoms with van der Waals surface area (Å²) in [5.74, 6) is -1.96. The number of amides is 2. The molecule has 0 fully saturated rings. The molecule has 7 nitrogen and oxygen atoms in total. The van der Waals surface area contributed by atoms with Crippen LogP contribution in [0.2, 0.25) is 5.02 Å². The number of nitrogens with one attached hydrogen (secondary N) is 2. The highest BCUT2D eigenvalue weighted by Gasteiger charge is 2.21. The minimum Gasteiger partial charge on any atom is -0.484 e. The molecule has 0 radical (unpaired) electrons. The number of carbonyl (C=O) groups is 2. The lowest BCUT2D eigenvalue weighted by Gasteiger charge is -2.18. The van der Waals surface area contributed by atoms with Gasteiger partial charge in [-0.15, -0.1) is 0 Å². The number of halogens is 3. The molecule has 0 spiro atoms. The van der Waals surface area contributed by atoms with Crippen molar-refractivity contribution in [3.63, 3.8) is 0 Å². The van der Waals surface area contributed by atoms with Gasteiger partial charge in [0.05, 0.1) is 18.2 Å². The number of ether oxygens (including phenoxy) is 2. The summed E-state index contributed by atoms with van der Waals surface area (Å²) in [6.07, 6.45) is -0.804. The summed E-state index contributed by atoms with van der Waals surface area (Å²) in [5.41, 5.74) is 0.760. The van der Waals surface area contributed by atoms with Gasteiger partial charge in [-0.3, -0.25) is 9.59 Å². The minimum atomic E-state index is -1.03. The van der Waals surface area contributed by atoms with Gasteiger partial charge in [0.25, 0.3) is 11.8 Å². The van der Waals surface area contributed by atoms with Crippen LogP contribution in [0.3, 0.4) is 0 Å². The molecule has 2 amide bonds. The van der Waals surface area contributed by atoms with Crippen molar-refractivity contribution in [3.8, 4) is 5.75 Å². The number of aliphatic hydroxyl groups excluding tert-OH is 1. The van der Waals surface area contributed by atoms with Crippen LogP contribution in [-0.4, -0.2) is 43.3 Å². The lowest BCUT2D eigenvalue weighted by Crippen LogP contribution is -2.34. The Kier molecular flexibility index (Phi) is 10.1. The molecule has 2 rings (SSSR count). The van der Waals surface area contributed by atoms with Crippen molar-refractivity contribution >= 4 is 23.4 Å². The molecule has 172 valence electrons. The summed E-state index contributed by atoms with van der Waals surface area (Å²) in [6, 6.07) is 9.06. The van der Waals surface area contributed by atoms with Crippen LogP contribution >= 0.6 is 11.6 Å². The van der Waals surface area contributed by atoms with Crippen molar-refractivity contribution in [1.82, 2.24) is 10.6 Å². The highest BCUT2D eigenvalue weighted by Crippen LogP contribution is 2.20. The van der Waals surface area contributed by atoms with Crippen molar-refractivity contribution < 1.29 is 33.0 Å². The van der Waals surface area contributed by atoms with Crippen molar-refractivity contribution in [2.45, 2.75) is 12.5 Å². The predicted octanol–water partition coefficient (Wildman–Crippen LogP) is 2.88. The Labute approximate surface area is 189 Å². The summed E-state index contributed by atoms with van der Waals surface area (Å²) in [7, 11) is 0. The lowest BCUT2D eigenvalue weighted by atomic mass is 10.1. The van der Waals surface area contributed by atoms with Crippen molar-refractivity contribution in [2.24, 2.45) is 0 Å². The van der Waals surface area contributed by atoms with Crippen molar-refractivity contribution in [1.29, 1.82) is 0 Å². The van der Waals surface area contributed by atoms with Crippen LogP contribution in [0.4, 0.5) is 8.78 Å². The molecule has 0 saturated heterocycles. The van der Waals surface area contributed by atoms with Gasteiger partial charge >= 0.3 is 0 Å². The molecule has 32 heavy (non-hydrogen) atoms. The fraction of sp³-hybridized carbons (Fsp3) is 0.273. The Morgan fingerprint density at radius 2 is 1.88 bits per heavy atom. The minimum absolute atomic E-state index is 0.0549. The molecular formula is C22H23ClF2N2O5. The van der Waals surface area contributed by atoms with Gasteiger partial charge in [-0.05, 0) is 29.8 Å². The second-order valence-corrected chi connectivity index (χ2v) is 6.99. The van der Waals surface area contributed by atoms with E-state index in [1.807, 2.05) is 0 Å². The van der Waals surface area contributed by atoms with Gasteiger partial charge in [0.1, 0.15) is 17.4 Å². The molecule has 0 aliphatic heterocycles. The molecule has 1 unspecified atom stereocenters. The number of benzene rings is 2. The van der Waals surface area contributed by atoms with E-state index in [-0.39, 0.29) is 43.6 Å². The summed E-state index contributed by atoms with van der Waals surface area (Å²) in [4.78, 5) is 24.4. The van der Waals surface area contributed by atoms with Crippen LogP contribution < -0.4 is 15.4 Å². The Balaban J connectivity index is 1.77. The Morgan fingerprint density at radius 3 is 2.53 bits per heavy atom. The standard InChI is InChI=1S/C22H23ClF2N2O5/c1-14(27-20(29)13-32-17-6-7-18(23)19(25)12-17)8-9-26-22(30)21(31-11-10-28)15-2-4-16(24)5-3-15/h2-7,12,21,28H,1,8-11,13H2,(H,26,30)(H,27,29). The van der Waals surface area contributed by atoms with E-state index in [9.17, 15) is 18.4 Å². The zero-order valence-corrected chi connectivity index (χ0v) is 17.8. The average Bonchev–Trinajstić information content (AvgIpc) is 2.76. The van der Waals surface area contributed by atoms with E-state index in [1.165, 1.54) is 36.4 Å². The van der Waals surface area contributed by atoms with Crippen LogP contribution in [0.5, 0.6) is 5.75 Å². The Bertz CT molecular complexity index is 940. The van der Waals surface area contributed by atoms with E-state index in [0.29, 0.717) is 11.3 Å². The Morgan fingerprint density at radius 1 is 1.16 bits per heavy atom. The Hall–Kier alpha value is -3.01. The molecule has 2 aromatic rings. The van der Waals surface area contributed by atoms with Gasteiger partial charge < -0.3 is 25.2 Å². The first kappa shape index (κ1) is 25.3. The highest BCUT2D eigenvalue weighted by atomic mass is 35.5. The number of hydrogen-bond acceptors (Lipinski definition) is 5. The molecule has 0 heterocycles. The van der Waals surface area contributed by atoms with Crippen LogP contribution in [-0.2, 0) is 14.3 Å². The number of hydrogen-bond donors (Lipinski definition) is 3. The molecule has 1 atom stereocenters. The fourth-order valence-electron chi connectivity index (χ4n) is 2.57. The van der Waals surface area contributed by atoms with Gasteiger partial charge in [-0.1, -0.05) is 30.3 Å². The van der Waals surface area contributed by atoms with Crippen LogP contribution in [0.25, 0.3) is 0 Å². The maximum atomic E-state index is 13.4. The van der Waals surface area contributed by atoms with E-state index in [4.69, 9.17) is 26.2 Å². The molecule has 10 heteroatoms. The number of rotatable bonds is 12. The van der Waals surface area contributed by atoms with Gasteiger partial charge in [0.15, 0.2) is 12.7 Å². The maximum absolute atomic E-state index is 13.4. The summed E-state index contributed by atoms with van der Waals surface area (Å²) < 4.78 is 37.0. The third kappa shape index (κ3) is 8.26. The summed E-state index contributed by atoms with van der Waals surface area (Å²) >= 11 is 5.58. The first-order chi connectivity index (χ1) is 15.3. The molecule has 0 aromatic heterocycles. The molecule has 0 saturated carbocycles. The van der Waals surface area contributed by atoms with Crippen molar-refractivity contribution in [2.75, 3.05) is 26.4 Å². The second kappa shape index (κ2) is 12.7. The molecular weight excluding hydrogens is 446 g/mol. The molecule has 0 aliphatic rings. The van der Waals surface area contributed by atoms with Crippen LogP contribution in [0.15, 0.2) is 54.7 Å². The normalized spacial score (nSPS) is 11.5. The van der Waals surface area contributed by atoms with E-state index in [2.05, 4.69) is 17.2 Å². The zero-order valence-electron chi connectivity index (χ0n) is 17.1. The van der Waals surface area contributed by atoms with Crippen LogP contribution in [0.1, 0.15) is 18.1 Å². The van der Waals surface area contributed by atoms with Gasteiger partial charge in [-0.25, -0.2) is 8.78 Å². The summed E-state index contributed by atoms with van der Waals surface area (Å²) in [5, 5.41) is 14.1. The molecule has 0 bridgehead atoms. The summed E-state index contributed by atoms with van der Waals surface area (Å²) in [6.45, 7) is 3.13. The number of aliphatic hydroxyl groups is 1. The molecule has 2 aromatic carbocycles. The quantitative estimate of drug-likeness (QED) is 0.445. The van der Waals surface area contributed by atoms with Crippen molar-refractivity contribution in [3.05, 3.63) is 77.0 Å². The first-order valence-corrected chi connectivity index (χ1v) is 9.99. The highest BCUT2D eigenvalue weighted by molar-refractivity contribution is 6.30. The van der Waals surface area contributed by atoms with E-state index in [1.54, 1.807) is 0 Å². The average molecular weight is 469 g/mol. The van der Waals surface area contributed by atoms with E-state index < -0.39 is 29.6 Å². The van der Waals surface area contributed by atoms with Crippen LogP contribution in [0, 0.1) is 11.6 Å². The third-order valence-corrected chi connectivity index (χ3v) is 4.40. The second-order valence-electron chi connectivity index (χ2n) is 6.58. The lowest BCUT2D eigenvalue weighted by molar-refractivity contribution is -0.133. The maximum Gasteiger partial charge on any atom is 0.262 e. The first-order valence-electron chi connectivity index (χ1n) is 9.61. The van der Waals surface area contributed by atoms with Gasteiger partial charge in [0, 0.05) is 24.7 Å². The molecule has 0 aliphatic carbocycles. The van der Waals surface area contributed by atoms with Gasteiger partial charge in [0.2, 0.25) is 0 Å². The zero-order chi connectivity index (χ0) is 23.5. The monoisotopic (exact) mass is 468 g/mol. The fourth-order valence-corrected chi connectivity index (χ4v) is 2.69. The van der Waals surface area contributed by atoms with E-state index >= 15 is 0 Å². The number of carbonyl (C=O) groups excluding carboxylic acids is 2. The molecule has 3 N–H and O–H groups in total. The largest absolute Gasteiger partial charge is 0.484 e. The smallest absolute Gasteiger partial charge is 0.262 e.